The second-order valence-electron chi connectivity index (χ2n) is 5.29. The molecule has 2 aromatic carbocycles. The smallest absolute Gasteiger partial charge is 0.128 e. The van der Waals surface area contributed by atoms with Crippen LogP contribution in [0.3, 0.4) is 0 Å². The Morgan fingerprint density at radius 3 is 2.21 bits per heavy atom. The Bertz CT molecular complexity index is 523. The van der Waals surface area contributed by atoms with Gasteiger partial charge in [0.15, 0.2) is 0 Å². The molecule has 0 aromatic heterocycles. The molecule has 0 aliphatic rings. The van der Waals surface area contributed by atoms with E-state index in [1.54, 1.807) is 12.1 Å². The van der Waals surface area contributed by atoms with Crippen molar-refractivity contribution in [1.82, 2.24) is 0 Å². The van der Waals surface area contributed by atoms with E-state index in [9.17, 15) is 4.39 Å². The van der Waals surface area contributed by atoms with Crippen LogP contribution >= 0.6 is 11.6 Å². The summed E-state index contributed by atoms with van der Waals surface area (Å²) in [5.41, 5.74) is 2.97. The minimum Gasteiger partial charge on any atom is -0.207 e. The van der Waals surface area contributed by atoms with Crippen LogP contribution in [0.25, 0.3) is 0 Å². The zero-order valence-electron chi connectivity index (χ0n) is 11.3. The summed E-state index contributed by atoms with van der Waals surface area (Å²) in [7, 11) is 0. The molecule has 2 rings (SSSR count). The molecule has 0 fully saturated rings. The topological polar surface area (TPSA) is 0 Å². The van der Waals surface area contributed by atoms with Crippen molar-refractivity contribution in [2.45, 2.75) is 26.7 Å². The summed E-state index contributed by atoms with van der Waals surface area (Å²) >= 11 is 6.04. The zero-order valence-corrected chi connectivity index (χ0v) is 12.0. The summed E-state index contributed by atoms with van der Waals surface area (Å²) in [6, 6.07) is 13.2. The molecule has 0 aliphatic carbocycles. The Morgan fingerprint density at radius 2 is 1.63 bits per heavy atom. The van der Waals surface area contributed by atoms with Crippen LogP contribution < -0.4 is 0 Å². The van der Waals surface area contributed by atoms with Gasteiger partial charge in [0.2, 0.25) is 0 Å². The van der Waals surface area contributed by atoms with Gasteiger partial charge >= 0.3 is 0 Å². The zero-order chi connectivity index (χ0) is 13.8. The van der Waals surface area contributed by atoms with Crippen molar-refractivity contribution < 1.29 is 4.39 Å². The maximum Gasteiger partial charge on any atom is 0.128 e. The normalized spacial score (nSPS) is 11.0. The number of hydrogen-bond acceptors (Lipinski definition) is 0. The van der Waals surface area contributed by atoms with Gasteiger partial charge in [0.05, 0.1) is 0 Å². The quantitative estimate of drug-likeness (QED) is 0.714. The number of hydrogen-bond donors (Lipinski definition) is 0. The van der Waals surface area contributed by atoms with E-state index in [0.29, 0.717) is 22.9 Å². The lowest BCUT2D eigenvalue weighted by Crippen LogP contribution is -1.96. The van der Waals surface area contributed by atoms with E-state index in [0.717, 1.165) is 12.0 Å². The van der Waals surface area contributed by atoms with Gasteiger partial charge < -0.3 is 0 Å². The molecule has 0 unspecified atom stereocenters. The molecule has 0 aliphatic heterocycles. The molecule has 0 N–H and O–H groups in total. The van der Waals surface area contributed by atoms with Gasteiger partial charge in [-0.05, 0) is 35.6 Å². The Kier molecular flexibility index (Phi) is 4.60. The maximum atomic E-state index is 13.7. The molecule has 0 radical (unpaired) electrons. The van der Waals surface area contributed by atoms with Crippen LogP contribution in [0.2, 0.25) is 5.02 Å². The van der Waals surface area contributed by atoms with E-state index in [4.69, 9.17) is 11.6 Å². The van der Waals surface area contributed by atoms with Gasteiger partial charge in [0.25, 0.3) is 0 Å². The highest BCUT2D eigenvalue weighted by molar-refractivity contribution is 6.31. The van der Waals surface area contributed by atoms with Crippen LogP contribution in [-0.2, 0) is 12.8 Å². The first-order valence-electron chi connectivity index (χ1n) is 6.57. The molecule has 2 heteroatoms. The van der Waals surface area contributed by atoms with E-state index in [2.05, 4.69) is 38.1 Å². The SMILES string of the molecule is CC(C)Cc1ccc(Cc2c(F)cccc2Cl)cc1. The molecule has 100 valence electrons. The van der Waals surface area contributed by atoms with Crippen molar-refractivity contribution in [2.75, 3.05) is 0 Å². The average Bonchev–Trinajstić information content (AvgIpc) is 2.35. The van der Waals surface area contributed by atoms with Crippen LogP contribution in [0.4, 0.5) is 4.39 Å². The van der Waals surface area contributed by atoms with Gasteiger partial charge in [-0.3, -0.25) is 0 Å². The highest BCUT2D eigenvalue weighted by Gasteiger charge is 2.07. The Morgan fingerprint density at radius 1 is 1.00 bits per heavy atom. The molecule has 0 atom stereocenters. The van der Waals surface area contributed by atoms with Crippen molar-refractivity contribution in [3.8, 4) is 0 Å². The molecule has 0 saturated heterocycles. The second-order valence-corrected chi connectivity index (χ2v) is 5.70. The lowest BCUT2D eigenvalue weighted by Gasteiger charge is -2.08. The molecule has 0 saturated carbocycles. The molecular formula is C17H18ClF. The summed E-state index contributed by atoms with van der Waals surface area (Å²) < 4.78 is 13.7. The molecular weight excluding hydrogens is 259 g/mol. The number of benzene rings is 2. The first kappa shape index (κ1) is 14.1. The summed E-state index contributed by atoms with van der Waals surface area (Å²) in [5.74, 6) is 0.408. The first-order chi connectivity index (χ1) is 9.06. The largest absolute Gasteiger partial charge is 0.207 e. The van der Waals surface area contributed by atoms with Crippen molar-refractivity contribution in [3.05, 3.63) is 70.0 Å². The van der Waals surface area contributed by atoms with Crippen molar-refractivity contribution >= 4 is 11.6 Å². The molecule has 0 amide bonds. The van der Waals surface area contributed by atoms with E-state index in [1.165, 1.54) is 11.6 Å². The molecule has 0 nitrogen and oxygen atoms in total. The standard InChI is InChI=1S/C17H18ClF/c1-12(2)10-13-6-8-14(9-7-13)11-15-16(18)4-3-5-17(15)19/h3-9,12H,10-11H2,1-2H3. The molecule has 0 spiro atoms. The minimum absolute atomic E-state index is 0.237. The van der Waals surface area contributed by atoms with E-state index >= 15 is 0 Å². The summed E-state index contributed by atoms with van der Waals surface area (Å²) in [6.45, 7) is 4.40. The number of halogens is 2. The van der Waals surface area contributed by atoms with E-state index in [1.807, 2.05) is 0 Å². The van der Waals surface area contributed by atoms with Crippen molar-refractivity contribution in [1.29, 1.82) is 0 Å². The third kappa shape index (κ3) is 3.81. The summed E-state index contributed by atoms with van der Waals surface area (Å²) in [4.78, 5) is 0. The fourth-order valence-electron chi connectivity index (χ4n) is 2.17. The highest BCUT2D eigenvalue weighted by atomic mass is 35.5. The molecule has 2 aromatic rings. The lowest BCUT2D eigenvalue weighted by atomic mass is 9.99. The average molecular weight is 277 g/mol. The van der Waals surface area contributed by atoms with Crippen LogP contribution in [-0.4, -0.2) is 0 Å². The van der Waals surface area contributed by atoms with E-state index < -0.39 is 0 Å². The van der Waals surface area contributed by atoms with Crippen molar-refractivity contribution in [2.24, 2.45) is 5.92 Å². The Hall–Kier alpha value is -1.34. The fourth-order valence-corrected chi connectivity index (χ4v) is 2.40. The Balaban J connectivity index is 2.15. The first-order valence-corrected chi connectivity index (χ1v) is 6.94. The highest BCUT2D eigenvalue weighted by Crippen LogP contribution is 2.22. The molecule has 0 bridgehead atoms. The van der Waals surface area contributed by atoms with Gasteiger partial charge in [0.1, 0.15) is 5.82 Å². The van der Waals surface area contributed by atoms with Crippen molar-refractivity contribution in [3.63, 3.8) is 0 Å². The van der Waals surface area contributed by atoms with Gasteiger partial charge in [0, 0.05) is 17.0 Å². The van der Waals surface area contributed by atoms with E-state index in [-0.39, 0.29) is 5.82 Å². The Labute approximate surface area is 119 Å². The van der Waals surface area contributed by atoms with Crippen LogP contribution in [0.1, 0.15) is 30.5 Å². The van der Waals surface area contributed by atoms with Crippen LogP contribution in [0.15, 0.2) is 42.5 Å². The predicted octanol–water partition coefficient (Wildman–Crippen LogP) is 5.27. The fraction of sp³-hybridized carbons (Fsp3) is 0.294. The predicted molar refractivity (Wildman–Crippen MR) is 79.2 cm³/mol. The minimum atomic E-state index is -0.237. The lowest BCUT2D eigenvalue weighted by molar-refractivity contribution is 0.614. The maximum absolute atomic E-state index is 13.7. The summed E-state index contributed by atoms with van der Waals surface area (Å²) in [6.07, 6.45) is 1.61. The third-order valence-electron chi connectivity index (χ3n) is 3.11. The molecule has 19 heavy (non-hydrogen) atoms. The van der Waals surface area contributed by atoms with Gasteiger partial charge in [-0.15, -0.1) is 0 Å². The second kappa shape index (κ2) is 6.21. The van der Waals surface area contributed by atoms with Gasteiger partial charge in [-0.2, -0.15) is 0 Å². The molecule has 0 heterocycles. The monoisotopic (exact) mass is 276 g/mol. The third-order valence-corrected chi connectivity index (χ3v) is 3.46. The van der Waals surface area contributed by atoms with Gasteiger partial charge in [-0.1, -0.05) is 55.8 Å². The van der Waals surface area contributed by atoms with Crippen LogP contribution in [0.5, 0.6) is 0 Å². The van der Waals surface area contributed by atoms with Crippen LogP contribution in [0, 0.1) is 11.7 Å². The van der Waals surface area contributed by atoms with Gasteiger partial charge in [-0.25, -0.2) is 4.39 Å². The number of rotatable bonds is 4. The summed E-state index contributed by atoms with van der Waals surface area (Å²) in [5, 5.41) is 0.492.